The number of amides is 2. The molecule has 0 radical (unpaired) electrons. The summed E-state index contributed by atoms with van der Waals surface area (Å²) in [5.41, 5.74) is 0.759. The van der Waals surface area contributed by atoms with E-state index in [0.29, 0.717) is 12.6 Å². The molecule has 2 amide bonds. The maximum atomic E-state index is 12.4. The van der Waals surface area contributed by atoms with Gasteiger partial charge in [0, 0.05) is 30.9 Å². The third kappa shape index (κ3) is 4.63. The number of nitrogens with zero attached hydrogens (tertiary/aromatic N) is 1. The van der Waals surface area contributed by atoms with Crippen LogP contribution >= 0.6 is 0 Å². The van der Waals surface area contributed by atoms with Crippen molar-refractivity contribution >= 4 is 11.7 Å². The molecule has 1 atom stereocenters. The monoisotopic (exact) mass is 291 g/mol. The van der Waals surface area contributed by atoms with E-state index in [0.717, 1.165) is 30.9 Å². The molecule has 2 rings (SSSR count). The molecular formula is C16H25N3O2. The molecule has 1 fully saturated rings. The first-order valence-corrected chi connectivity index (χ1v) is 7.66. The van der Waals surface area contributed by atoms with Crippen LogP contribution in [0.4, 0.5) is 10.5 Å². The summed E-state index contributed by atoms with van der Waals surface area (Å²) in [5.74, 6) is 0.741. The number of hydrogen-bond donors (Lipinski definition) is 2. The maximum Gasteiger partial charge on any atom is 0.321 e. The number of carbonyl (C=O) groups excluding carboxylic acids is 1. The Morgan fingerprint density at radius 3 is 3.00 bits per heavy atom. The van der Waals surface area contributed by atoms with Crippen molar-refractivity contribution in [2.45, 2.75) is 32.2 Å². The van der Waals surface area contributed by atoms with Crippen LogP contribution < -0.4 is 15.4 Å². The molecule has 2 N–H and O–H groups in total. The van der Waals surface area contributed by atoms with Crippen molar-refractivity contribution in [3.8, 4) is 5.75 Å². The summed E-state index contributed by atoms with van der Waals surface area (Å²) in [7, 11) is 1.62. The second-order valence-corrected chi connectivity index (χ2v) is 5.35. The summed E-state index contributed by atoms with van der Waals surface area (Å²) in [6.07, 6.45) is 3.62. The molecule has 21 heavy (non-hydrogen) atoms. The second kappa shape index (κ2) is 7.88. The molecule has 0 saturated carbocycles. The van der Waals surface area contributed by atoms with E-state index in [9.17, 15) is 4.79 Å². The molecular weight excluding hydrogens is 266 g/mol. The van der Waals surface area contributed by atoms with Crippen LogP contribution in [0.25, 0.3) is 0 Å². The molecule has 1 aliphatic rings. The Bertz CT molecular complexity index is 459. The quantitative estimate of drug-likeness (QED) is 0.877. The fraction of sp³-hybridized carbons (Fsp3) is 0.562. The zero-order valence-corrected chi connectivity index (χ0v) is 12.9. The van der Waals surface area contributed by atoms with Crippen LogP contribution in [-0.2, 0) is 0 Å². The van der Waals surface area contributed by atoms with Gasteiger partial charge in [-0.25, -0.2) is 4.79 Å². The van der Waals surface area contributed by atoms with Gasteiger partial charge in [-0.3, -0.25) is 0 Å². The SMILES string of the molecule is CCN(CC1CCCCN1)C(=O)Nc1cccc(OC)c1. The van der Waals surface area contributed by atoms with Crippen LogP contribution in [0.1, 0.15) is 26.2 Å². The molecule has 1 saturated heterocycles. The second-order valence-electron chi connectivity index (χ2n) is 5.35. The molecule has 1 aromatic rings. The molecule has 1 heterocycles. The Morgan fingerprint density at radius 1 is 1.48 bits per heavy atom. The van der Waals surface area contributed by atoms with Gasteiger partial charge in [0.15, 0.2) is 0 Å². The van der Waals surface area contributed by atoms with Gasteiger partial charge in [0.25, 0.3) is 0 Å². The third-order valence-corrected chi connectivity index (χ3v) is 3.84. The number of likely N-dealkylation sites (N-methyl/N-ethyl adjacent to an activating group) is 1. The normalized spacial score (nSPS) is 18.1. The molecule has 0 spiro atoms. The van der Waals surface area contributed by atoms with Gasteiger partial charge >= 0.3 is 6.03 Å². The third-order valence-electron chi connectivity index (χ3n) is 3.84. The number of benzene rings is 1. The van der Waals surface area contributed by atoms with Crippen molar-refractivity contribution in [3.63, 3.8) is 0 Å². The highest BCUT2D eigenvalue weighted by Crippen LogP contribution is 2.17. The van der Waals surface area contributed by atoms with E-state index in [2.05, 4.69) is 10.6 Å². The van der Waals surface area contributed by atoms with Crippen molar-refractivity contribution in [2.24, 2.45) is 0 Å². The first-order chi connectivity index (χ1) is 10.2. The number of nitrogens with one attached hydrogen (secondary N) is 2. The minimum Gasteiger partial charge on any atom is -0.497 e. The van der Waals surface area contributed by atoms with Gasteiger partial charge in [-0.15, -0.1) is 0 Å². The summed E-state index contributed by atoms with van der Waals surface area (Å²) < 4.78 is 5.17. The predicted molar refractivity (Wildman–Crippen MR) is 84.9 cm³/mol. The summed E-state index contributed by atoms with van der Waals surface area (Å²) in [4.78, 5) is 14.2. The van der Waals surface area contributed by atoms with Crippen molar-refractivity contribution in [3.05, 3.63) is 24.3 Å². The molecule has 116 valence electrons. The van der Waals surface area contributed by atoms with Crippen LogP contribution in [0.5, 0.6) is 5.75 Å². The van der Waals surface area contributed by atoms with Crippen molar-refractivity contribution in [1.82, 2.24) is 10.2 Å². The zero-order chi connectivity index (χ0) is 15.1. The Morgan fingerprint density at radius 2 is 2.33 bits per heavy atom. The van der Waals surface area contributed by atoms with Gasteiger partial charge in [-0.2, -0.15) is 0 Å². The van der Waals surface area contributed by atoms with E-state index < -0.39 is 0 Å². The smallest absolute Gasteiger partial charge is 0.321 e. The number of urea groups is 1. The Kier molecular flexibility index (Phi) is 5.87. The highest BCUT2D eigenvalue weighted by molar-refractivity contribution is 5.89. The summed E-state index contributed by atoms with van der Waals surface area (Å²) >= 11 is 0. The van der Waals surface area contributed by atoms with Crippen molar-refractivity contribution < 1.29 is 9.53 Å². The standard InChI is InChI=1S/C16H25N3O2/c1-3-19(12-14-7-4-5-10-17-14)16(20)18-13-8-6-9-15(11-13)21-2/h6,8-9,11,14,17H,3-5,7,10,12H2,1-2H3,(H,18,20). The van der Waals surface area contributed by atoms with Gasteiger partial charge in [0.2, 0.25) is 0 Å². The molecule has 0 aliphatic carbocycles. The summed E-state index contributed by atoms with van der Waals surface area (Å²) in [6.45, 7) is 4.52. The largest absolute Gasteiger partial charge is 0.497 e. The number of methoxy groups -OCH3 is 1. The first kappa shape index (κ1) is 15.6. The highest BCUT2D eigenvalue weighted by atomic mass is 16.5. The lowest BCUT2D eigenvalue weighted by Gasteiger charge is -2.30. The van der Waals surface area contributed by atoms with E-state index in [1.54, 1.807) is 7.11 Å². The van der Waals surface area contributed by atoms with E-state index in [4.69, 9.17) is 4.74 Å². The van der Waals surface area contributed by atoms with Gasteiger partial charge in [0.1, 0.15) is 5.75 Å². The summed E-state index contributed by atoms with van der Waals surface area (Å²) in [6, 6.07) is 7.78. The minimum absolute atomic E-state index is 0.0573. The number of piperidine rings is 1. The van der Waals surface area contributed by atoms with Crippen molar-refractivity contribution in [2.75, 3.05) is 32.1 Å². The highest BCUT2D eigenvalue weighted by Gasteiger charge is 2.19. The molecule has 5 nitrogen and oxygen atoms in total. The van der Waals surface area contributed by atoms with Crippen LogP contribution in [0.2, 0.25) is 0 Å². The van der Waals surface area contributed by atoms with E-state index in [1.807, 2.05) is 36.1 Å². The van der Waals surface area contributed by atoms with Crippen LogP contribution in [0.3, 0.4) is 0 Å². The maximum absolute atomic E-state index is 12.4. The lowest BCUT2D eigenvalue weighted by atomic mass is 10.0. The predicted octanol–water partition coefficient (Wildman–Crippen LogP) is 2.69. The average Bonchev–Trinajstić information content (AvgIpc) is 2.53. The lowest BCUT2D eigenvalue weighted by molar-refractivity contribution is 0.203. The fourth-order valence-electron chi connectivity index (χ4n) is 2.60. The minimum atomic E-state index is -0.0573. The van der Waals surface area contributed by atoms with Gasteiger partial charge in [-0.1, -0.05) is 12.5 Å². The van der Waals surface area contributed by atoms with E-state index in [1.165, 1.54) is 12.8 Å². The van der Waals surface area contributed by atoms with Gasteiger partial charge in [-0.05, 0) is 38.4 Å². The molecule has 1 unspecified atom stereocenters. The lowest BCUT2D eigenvalue weighted by Crippen LogP contribution is -2.46. The molecule has 0 bridgehead atoms. The van der Waals surface area contributed by atoms with Crippen molar-refractivity contribution in [1.29, 1.82) is 0 Å². The van der Waals surface area contributed by atoms with Crippen LogP contribution in [0, 0.1) is 0 Å². The number of ether oxygens (including phenoxy) is 1. The van der Waals surface area contributed by atoms with Gasteiger partial charge < -0.3 is 20.3 Å². The molecule has 0 aromatic heterocycles. The summed E-state index contributed by atoms with van der Waals surface area (Å²) in [5, 5.41) is 6.42. The average molecular weight is 291 g/mol. The van der Waals surface area contributed by atoms with Crippen LogP contribution in [0.15, 0.2) is 24.3 Å². The zero-order valence-electron chi connectivity index (χ0n) is 12.9. The topological polar surface area (TPSA) is 53.6 Å². The first-order valence-electron chi connectivity index (χ1n) is 7.66. The number of hydrogen-bond acceptors (Lipinski definition) is 3. The number of anilines is 1. The Hall–Kier alpha value is -1.75. The molecule has 1 aromatic carbocycles. The number of carbonyl (C=O) groups is 1. The van der Waals surface area contributed by atoms with E-state index in [-0.39, 0.29) is 6.03 Å². The molecule has 5 heteroatoms. The Balaban J connectivity index is 1.92. The fourth-order valence-corrected chi connectivity index (χ4v) is 2.60. The Labute approximate surface area is 126 Å². The van der Waals surface area contributed by atoms with Gasteiger partial charge in [0.05, 0.1) is 7.11 Å². The van der Waals surface area contributed by atoms with Crippen LogP contribution in [-0.4, -0.2) is 43.7 Å². The van der Waals surface area contributed by atoms with E-state index >= 15 is 0 Å². The number of rotatable bonds is 5. The molecule has 1 aliphatic heterocycles.